The van der Waals surface area contributed by atoms with E-state index in [0.717, 1.165) is 5.56 Å². The summed E-state index contributed by atoms with van der Waals surface area (Å²) < 4.78 is 20.7. The summed E-state index contributed by atoms with van der Waals surface area (Å²) in [6.07, 6.45) is 0. The molecule has 1 aromatic rings. The molecule has 1 rings (SSSR count). The average molecular weight is 354 g/mol. The molecule has 0 aromatic heterocycles. The Hall–Kier alpha value is -1.20. The second-order valence-corrected chi connectivity index (χ2v) is 10.3. The van der Waals surface area contributed by atoms with Crippen LogP contribution in [-0.4, -0.2) is 20.5 Å². The number of rotatable bonds is 5. The number of carbonyl (C=O) groups is 1. The molecule has 136 valence electrons. The Morgan fingerprint density at radius 1 is 1.04 bits per heavy atom. The van der Waals surface area contributed by atoms with Gasteiger partial charge in [0.15, 0.2) is 0 Å². The molecule has 0 aliphatic heterocycles. The van der Waals surface area contributed by atoms with Crippen LogP contribution in [0.3, 0.4) is 0 Å². The van der Waals surface area contributed by atoms with Gasteiger partial charge < -0.3 is 4.74 Å². The number of carbonyl (C=O) groups excluding carboxylic acids is 1. The van der Waals surface area contributed by atoms with Gasteiger partial charge in [-0.05, 0) is 65.2 Å². The van der Waals surface area contributed by atoms with Gasteiger partial charge in [-0.25, -0.2) is 13.7 Å². The first-order valence-corrected chi connectivity index (χ1v) is 9.47. The summed E-state index contributed by atoms with van der Waals surface area (Å²) in [5.41, 5.74) is 1.02. The van der Waals surface area contributed by atoms with Gasteiger partial charge in [-0.2, -0.15) is 0 Å². The van der Waals surface area contributed by atoms with E-state index in [9.17, 15) is 9.00 Å². The van der Waals surface area contributed by atoms with Crippen molar-refractivity contribution in [3.8, 4) is 0 Å². The van der Waals surface area contributed by atoms with Crippen LogP contribution in [0.15, 0.2) is 24.3 Å². The van der Waals surface area contributed by atoms with E-state index in [1.807, 2.05) is 53.7 Å². The summed E-state index contributed by atoms with van der Waals surface area (Å²) in [7, 11) is -1.16. The first kappa shape index (κ1) is 20.8. The Morgan fingerprint density at radius 2 is 1.54 bits per heavy atom. The molecular formula is C19H31NO3S. The highest BCUT2D eigenvalue weighted by Crippen LogP contribution is 2.25. The summed E-state index contributed by atoms with van der Waals surface area (Å²) in [6.45, 7) is 15.5. The van der Waals surface area contributed by atoms with Gasteiger partial charge in [0.05, 0.1) is 21.3 Å². The Morgan fingerprint density at radius 3 is 1.92 bits per heavy atom. The van der Waals surface area contributed by atoms with Crippen LogP contribution in [0.2, 0.25) is 0 Å². The highest BCUT2D eigenvalue weighted by molar-refractivity contribution is 7.84. The van der Waals surface area contributed by atoms with Crippen molar-refractivity contribution in [1.29, 1.82) is 0 Å². The molecule has 0 fully saturated rings. The number of esters is 1. The average Bonchev–Trinajstić information content (AvgIpc) is 2.41. The van der Waals surface area contributed by atoms with Crippen molar-refractivity contribution in [2.45, 2.75) is 71.8 Å². The molecule has 0 heterocycles. The zero-order valence-electron chi connectivity index (χ0n) is 16.1. The fourth-order valence-electron chi connectivity index (χ4n) is 2.04. The van der Waals surface area contributed by atoms with Gasteiger partial charge in [0, 0.05) is 6.04 Å². The molecule has 5 heteroatoms. The van der Waals surface area contributed by atoms with Gasteiger partial charge >= 0.3 is 5.97 Å². The largest absolute Gasteiger partial charge is 0.456 e. The molecule has 0 amide bonds. The van der Waals surface area contributed by atoms with Crippen LogP contribution in [0.25, 0.3) is 0 Å². The molecule has 0 aliphatic rings. The maximum Gasteiger partial charge on any atom is 0.338 e. The van der Waals surface area contributed by atoms with Crippen molar-refractivity contribution in [2.75, 3.05) is 0 Å². The Labute approximate surface area is 149 Å². The van der Waals surface area contributed by atoms with Crippen molar-refractivity contribution in [3.05, 3.63) is 35.4 Å². The van der Waals surface area contributed by atoms with Gasteiger partial charge in [-0.3, -0.25) is 0 Å². The van der Waals surface area contributed by atoms with E-state index >= 15 is 0 Å². The topological polar surface area (TPSA) is 55.4 Å². The van der Waals surface area contributed by atoms with Gasteiger partial charge in [0.1, 0.15) is 5.60 Å². The van der Waals surface area contributed by atoms with E-state index in [1.54, 1.807) is 12.1 Å². The lowest BCUT2D eigenvalue weighted by atomic mass is 9.96. The molecule has 2 atom stereocenters. The molecular weight excluding hydrogens is 322 g/mol. The zero-order valence-corrected chi connectivity index (χ0v) is 16.9. The SMILES string of the molecule is CC(C)[C@H](N[S@@](=O)C(C)(C)C)c1ccc(C(=O)OC(C)(C)C)cc1. The first-order valence-electron chi connectivity index (χ1n) is 8.32. The molecule has 0 bridgehead atoms. The Balaban J connectivity index is 2.95. The molecule has 4 nitrogen and oxygen atoms in total. The summed E-state index contributed by atoms with van der Waals surface area (Å²) in [4.78, 5) is 12.1. The standard InChI is InChI=1S/C19H31NO3S/c1-13(2)16(20-24(22)19(6,7)8)14-9-11-15(12-10-14)17(21)23-18(3,4)5/h9-13,16,20H,1-8H3/t16-,24-/m0/s1. The van der Waals surface area contributed by atoms with Crippen LogP contribution >= 0.6 is 0 Å². The predicted molar refractivity (Wildman–Crippen MR) is 100 cm³/mol. The zero-order chi connectivity index (χ0) is 18.7. The van der Waals surface area contributed by atoms with Crippen LogP contribution < -0.4 is 4.72 Å². The lowest BCUT2D eigenvalue weighted by Crippen LogP contribution is -2.37. The summed E-state index contributed by atoms with van der Waals surface area (Å²) in [6, 6.07) is 7.28. The first-order chi connectivity index (χ1) is 10.8. The number of nitrogens with one attached hydrogen (secondary N) is 1. The highest BCUT2D eigenvalue weighted by Gasteiger charge is 2.25. The third-order valence-corrected chi connectivity index (χ3v) is 4.94. The molecule has 0 saturated carbocycles. The second-order valence-electron chi connectivity index (χ2n) is 8.34. The fourth-order valence-corrected chi connectivity index (χ4v) is 3.04. The van der Waals surface area contributed by atoms with E-state index < -0.39 is 16.6 Å². The van der Waals surface area contributed by atoms with Crippen LogP contribution in [0, 0.1) is 5.92 Å². The van der Waals surface area contributed by atoms with Crippen LogP contribution in [0.5, 0.6) is 0 Å². The molecule has 0 saturated heterocycles. The summed E-state index contributed by atoms with van der Waals surface area (Å²) in [5, 5.41) is 0. The van der Waals surface area contributed by atoms with Gasteiger partial charge in [0.25, 0.3) is 0 Å². The monoisotopic (exact) mass is 353 g/mol. The second kappa shape index (κ2) is 7.79. The third kappa shape index (κ3) is 6.36. The Bertz CT molecular complexity index is 580. The molecule has 0 unspecified atom stereocenters. The molecule has 0 radical (unpaired) electrons. The van der Waals surface area contributed by atoms with Gasteiger partial charge in [0.2, 0.25) is 0 Å². The van der Waals surface area contributed by atoms with Crippen molar-refractivity contribution >= 4 is 17.0 Å². The van der Waals surface area contributed by atoms with Crippen molar-refractivity contribution in [3.63, 3.8) is 0 Å². The minimum Gasteiger partial charge on any atom is -0.456 e. The third-order valence-electron chi connectivity index (χ3n) is 3.36. The quantitative estimate of drug-likeness (QED) is 0.799. The van der Waals surface area contributed by atoms with E-state index in [2.05, 4.69) is 18.6 Å². The normalized spacial score (nSPS) is 15.2. The molecule has 1 N–H and O–H groups in total. The van der Waals surface area contributed by atoms with Crippen molar-refractivity contribution < 1.29 is 13.7 Å². The van der Waals surface area contributed by atoms with Crippen LogP contribution in [0.1, 0.15) is 77.4 Å². The Kier molecular flexibility index (Phi) is 6.76. The fraction of sp³-hybridized carbons (Fsp3) is 0.632. The van der Waals surface area contributed by atoms with Crippen molar-refractivity contribution in [1.82, 2.24) is 4.72 Å². The summed E-state index contributed by atoms with van der Waals surface area (Å²) in [5.74, 6) is -0.0648. The highest BCUT2D eigenvalue weighted by atomic mass is 32.2. The van der Waals surface area contributed by atoms with Crippen LogP contribution in [-0.2, 0) is 15.7 Å². The van der Waals surface area contributed by atoms with E-state index in [0.29, 0.717) is 5.56 Å². The lowest BCUT2D eigenvalue weighted by molar-refractivity contribution is 0.00695. The van der Waals surface area contributed by atoms with Gasteiger partial charge in [-0.15, -0.1) is 0 Å². The number of hydrogen-bond donors (Lipinski definition) is 1. The van der Waals surface area contributed by atoms with E-state index in [-0.39, 0.29) is 22.7 Å². The molecule has 1 aromatic carbocycles. The van der Waals surface area contributed by atoms with E-state index in [1.165, 1.54) is 0 Å². The molecule has 0 aliphatic carbocycles. The number of hydrogen-bond acceptors (Lipinski definition) is 3. The lowest BCUT2D eigenvalue weighted by Gasteiger charge is -2.27. The minimum absolute atomic E-state index is 0.0438. The number of benzene rings is 1. The van der Waals surface area contributed by atoms with Crippen molar-refractivity contribution in [2.24, 2.45) is 5.92 Å². The maximum atomic E-state index is 12.4. The molecule has 24 heavy (non-hydrogen) atoms. The minimum atomic E-state index is -1.16. The van der Waals surface area contributed by atoms with E-state index in [4.69, 9.17) is 4.74 Å². The predicted octanol–water partition coefficient (Wildman–Crippen LogP) is 4.39. The van der Waals surface area contributed by atoms with Gasteiger partial charge in [-0.1, -0.05) is 26.0 Å². The van der Waals surface area contributed by atoms with Crippen LogP contribution in [0.4, 0.5) is 0 Å². The maximum absolute atomic E-state index is 12.4. The smallest absolute Gasteiger partial charge is 0.338 e. The molecule has 0 spiro atoms. The number of ether oxygens (including phenoxy) is 1. The summed E-state index contributed by atoms with van der Waals surface area (Å²) >= 11 is 0.